The predicted octanol–water partition coefficient (Wildman–Crippen LogP) is 2.44. The van der Waals surface area contributed by atoms with E-state index in [1.165, 1.54) is 31.4 Å². The molecule has 0 saturated heterocycles. The summed E-state index contributed by atoms with van der Waals surface area (Å²) in [5.74, 6) is 2.92. The van der Waals surface area contributed by atoms with E-state index in [0.29, 0.717) is 5.75 Å². The van der Waals surface area contributed by atoms with Crippen molar-refractivity contribution in [2.24, 2.45) is 5.92 Å². The van der Waals surface area contributed by atoms with Gasteiger partial charge in [0, 0.05) is 6.54 Å². The molecule has 0 spiro atoms. The van der Waals surface area contributed by atoms with Gasteiger partial charge in [0.25, 0.3) is 0 Å². The Hall–Kier alpha value is -0.180. The molecule has 0 unspecified atom stereocenters. The second-order valence-electron chi connectivity index (χ2n) is 4.02. The third-order valence-corrected chi connectivity index (χ3v) is 3.81. The zero-order valence-electron chi connectivity index (χ0n) is 9.05. The zero-order chi connectivity index (χ0) is 10.2. The third kappa shape index (κ3) is 4.89. The van der Waals surface area contributed by atoms with Crippen LogP contribution in [0.5, 0.6) is 0 Å². The van der Waals surface area contributed by atoms with Gasteiger partial charge in [-0.15, -0.1) is 0 Å². The summed E-state index contributed by atoms with van der Waals surface area (Å²) in [4.78, 5) is 11.2. The highest BCUT2D eigenvalue weighted by Gasteiger charge is 2.14. The molecular weight excluding hydrogens is 194 g/mol. The minimum absolute atomic E-state index is 0.204. The van der Waals surface area contributed by atoms with E-state index in [1.54, 1.807) is 11.8 Å². The number of hydrogen-bond acceptors (Lipinski definition) is 2. The average molecular weight is 215 g/mol. The largest absolute Gasteiger partial charge is 0.355 e. The normalized spacial score (nSPS) is 17.2. The standard InChI is InChI=1S/C11H21NOS/c1-2-7-12-11(13)9-14-8-10-5-3-4-6-10/h10H,2-9H2,1H3,(H,12,13). The first-order valence-corrected chi connectivity index (χ1v) is 6.83. The Balaban J connectivity index is 1.94. The molecule has 1 fully saturated rings. The number of amides is 1. The Bertz CT molecular complexity index is 167. The van der Waals surface area contributed by atoms with Crippen LogP contribution >= 0.6 is 11.8 Å². The van der Waals surface area contributed by atoms with Crippen molar-refractivity contribution in [1.82, 2.24) is 5.32 Å². The van der Waals surface area contributed by atoms with Crippen LogP contribution < -0.4 is 5.32 Å². The van der Waals surface area contributed by atoms with Crippen LogP contribution in [0.25, 0.3) is 0 Å². The lowest BCUT2D eigenvalue weighted by Gasteiger charge is -2.08. The molecule has 14 heavy (non-hydrogen) atoms. The van der Waals surface area contributed by atoms with Crippen molar-refractivity contribution in [3.05, 3.63) is 0 Å². The Morgan fingerprint density at radius 3 is 2.79 bits per heavy atom. The molecule has 2 nitrogen and oxygen atoms in total. The van der Waals surface area contributed by atoms with Crippen molar-refractivity contribution in [3.63, 3.8) is 0 Å². The minimum atomic E-state index is 0.204. The molecule has 82 valence electrons. The van der Waals surface area contributed by atoms with Gasteiger partial charge >= 0.3 is 0 Å². The topological polar surface area (TPSA) is 29.1 Å². The highest BCUT2D eigenvalue weighted by molar-refractivity contribution is 7.99. The first kappa shape index (κ1) is 11.9. The first-order chi connectivity index (χ1) is 6.83. The van der Waals surface area contributed by atoms with E-state index in [0.717, 1.165) is 18.9 Å². The summed E-state index contributed by atoms with van der Waals surface area (Å²) in [5, 5.41) is 2.90. The summed E-state index contributed by atoms with van der Waals surface area (Å²) >= 11 is 1.80. The Kier molecular flexibility index (Phi) is 6.08. The van der Waals surface area contributed by atoms with Gasteiger partial charge < -0.3 is 5.32 Å². The molecule has 1 rings (SSSR count). The van der Waals surface area contributed by atoms with Gasteiger partial charge in [-0.05, 0) is 30.9 Å². The lowest BCUT2D eigenvalue weighted by atomic mass is 10.1. The van der Waals surface area contributed by atoms with Crippen LogP contribution in [0.15, 0.2) is 0 Å². The molecule has 1 aliphatic rings. The zero-order valence-corrected chi connectivity index (χ0v) is 9.87. The van der Waals surface area contributed by atoms with Gasteiger partial charge in [0.15, 0.2) is 0 Å². The van der Waals surface area contributed by atoms with Crippen LogP contribution in [0.3, 0.4) is 0 Å². The number of nitrogens with one attached hydrogen (secondary N) is 1. The van der Waals surface area contributed by atoms with Gasteiger partial charge in [-0.1, -0.05) is 19.8 Å². The monoisotopic (exact) mass is 215 g/mol. The predicted molar refractivity (Wildman–Crippen MR) is 62.6 cm³/mol. The maximum Gasteiger partial charge on any atom is 0.229 e. The summed E-state index contributed by atoms with van der Waals surface area (Å²) in [5.41, 5.74) is 0. The second kappa shape index (κ2) is 7.16. The summed E-state index contributed by atoms with van der Waals surface area (Å²) in [7, 11) is 0. The van der Waals surface area contributed by atoms with Crippen LogP contribution in [0.1, 0.15) is 39.0 Å². The molecule has 0 atom stereocenters. The SMILES string of the molecule is CCCNC(=O)CSCC1CCCC1. The van der Waals surface area contributed by atoms with Crippen molar-refractivity contribution >= 4 is 17.7 Å². The van der Waals surface area contributed by atoms with Gasteiger partial charge in [-0.25, -0.2) is 0 Å². The molecule has 1 saturated carbocycles. The van der Waals surface area contributed by atoms with Gasteiger partial charge in [-0.3, -0.25) is 4.79 Å². The fourth-order valence-corrected chi connectivity index (χ4v) is 2.88. The Morgan fingerprint density at radius 2 is 2.14 bits per heavy atom. The quantitative estimate of drug-likeness (QED) is 0.737. The fraction of sp³-hybridized carbons (Fsp3) is 0.909. The maximum atomic E-state index is 11.2. The third-order valence-electron chi connectivity index (χ3n) is 2.63. The van der Waals surface area contributed by atoms with Gasteiger partial charge in [0.2, 0.25) is 5.91 Å². The van der Waals surface area contributed by atoms with Gasteiger partial charge in [-0.2, -0.15) is 11.8 Å². The van der Waals surface area contributed by atoms with Crippen molar-refractivity contribution in [2.75, 3.05) is 18.1 Å². The molecule has 0 bridgehead atoms. The number of rotatable bonds is 6. The minimum Gasteiger partial charge on any atom is -0.355 e. The molecule has 1 amide bonds. The highest BCUT2D eigenvalue weighted by Crippen LogP contribution is 2.27. The Labute approximate surface area is 91.2 Å². The van der Waals surface area contributed by atoms with E-state index in [9.17, 15) is 4.79 Å². The highest BCUT2D eigenvalue weighted by atomic mass is 32.2. The number of thioether (sulfide) groups is 1. The van der Waals surface area contributed by atoms with Crippen molar-refractivity contribution in [3.8, 4) is 0 Å². The fourth-order valence-electron chi connectivity index (χ4n) is 1.81. The average Bonchev–Trinajstić information content (AvgIpc) is 2.67. The van der Waals surface area contributed by atoms with Crippen LogP contribution in [-0.4, -0.2) is 24.0 Å². The van der Waals surface area contributed by atoms with Gasteiger partial charge in [0.1, 0.15) is 0 Å². The summed E-state index contributed by atoms with van der Waals surface area (Å²) in [6, 6.07) is 0. The van der Waals surface area contributed by atoms with Crippen LogP contribution in [0.4, 0.5) is 0 Å². The molecular formula is C11H21NOS. The van der Waals surface area contributed by atoms with Crippen LogP contribution in [0, 0.1) is 5.92 Å². The van der Waals surface area contributed by atoms with E-state index < -0.39 is 0 Å². The van der Waals surface area contributed by atoms with E-state index in [4.69, 9.17) is 0 Å². The Morgan fingerprint density at radius 1 is 1.43 bits per heavy atom. The van der Waals surface area contributed by atoms with Crippen molar-refractivity contribution in [1.29, 1.82) is 0 Å². The van der Waals surface area contributed by atoms with E-state index in [2.05, 4.69) is 12.2 Å². The lowest BCUT2D eigenvalue weighted by Crippen LogP contribution is -2.26. The van der Waals surface area contributed by atoms with Gasteiger partial charge in [0.05, 0.1) is 5.75 Å². The smallest absolute Gasteiger partial charge is 0.229 e. The first-order valence-electron chi connectivity index (χ1n) is 5.67. The van der Waals surface area contributed by atoms with E-state index in [-0.39, 0.29) is 5.91 Å². The van der Waals surface area contributed by atoms with Crippen LogP contribution in [-0.2, 0) is 4.79 Å². The van der Waals surface area contributed by atoms with E-state index in [1.807, 2.05) is 0 Å². The molecule has 1 aliphatic carbocycles. The maximum absolute atomic E-state index is 11.2. The summed E-state index contributed by atoms with van der Waals surface area (Å²) < 4.78 is 0. The molecule has 0 aromatic heterocycles. The molecule has 0 aromatic carbocycles. The summed E-state index contributed by atoms with van der Waals surface area (Å²) in [6.07, 6.45) is 6.58. The molecule has 0 aromatic rings. The van der Waals surface area contributed by atoms with Crippen molar-refractivity contribution in [2.45, 2.75) is 39.0 Å². The molecule has 1 N–H and O–H groups in total. The molecule has 0 radical (unpaired) electrons. The van der Waals surface area contributed by atoms with Crippen molar-refractivity contribution < 1.29 is 4.79 Å². The van der Waals surface area contributed by atoms with Crippen LogP contribution in [0.2, 0.25) is 0 Å². The molecule has 0 aliphatic heterocycles. The number of carbonyl (C=O) groups is 1. The number of carbonyl (C=O) groups excluding carboxylic acids is 1. The second-order valence-corrected chi connectivity index (χ2v) is 5.05. The molecule has 0 heterocycles. The van der Waals surface area contributed by atoms with E-state index >= 15 is 0 Å². The lowest BCUT2D eigenvalue weighted by molar-refractivity contribution is -0.118. The number of hydrogen-bond donors (Lipinski definition) is 1. The molecule has 3 heteroatoms. The summed E-state index contributed by atoms with van der Waals surface area (Å²) in [6.45, 7) is 2.90.